The molecule has 0 aromatic rings. The van der Waals surface area contributed by atoms with E-state index in [1.54, 1.807) is 6.92 Å². The molecule has 0 spiro atoms. The number of nitrogens with two attached hydrogens (primary N) is 1. The van der Waals surface area contributed by atoms with Gasteiger partial charge in [-0.3, -0.25) is 4.55 Å². The summed E-state index contributed by atoms with van der Waals surface area (Å²) in [6.07, 6.45) is -0.931. The summed E-state index contributed by atoms with van der Waals surface area (Å²) in [5.74, 6) is -0.555. The highest BCUT2D eigenvalue weighted by molar-refractivity contribution is 7.85. The standard InChI is InChI=1S/C4H11NO4S/c1-2-9-4(5)3-10(6,7)8/h4H,2-3,5H2,1H3,(H,6,7,8). The second-order valence-electron chi connectivity index (χ2n) is 1.74. The minimum atomic E-state index is -4.00. The van der Waals surface area contributed by atoms with E-state index in [0.717, 1.165) is 0 Å². The Morgan fingerprint density at radius 3 is 2.50 bits per heavy atom. The minimum Gasteiger partial charge on any atom is -0.363 e. The molecule has 0 amide bonds. The molecule has 1 atom stereocenters. The van der Waals surface area contributed by atoms with Gasteiger partial charge in [-0.1, -0.05) is 0 Å². The summed E-state index contributed by atoms with van der Waals surface area (Å²) in [5.41, 5.74) is 5.11. The predicted molar refractivity (Wildman–Crippen MR) is 36.0 cm³/mol. The number of hydrogen-bond donors (Lipinski definition) is 2. The highest BCUT2D eigenvalue weighted by Gasteiger charge is 2.11. The smallest absolute Gasteiger partial charge is 0.268 e. The van der Waals surface area contributed by atoms with Gasteiger partial charge >= 0.3 is 0 Å². The van der Waals surface area contributed by atoms with E-state index in [9.17, 15) is 8.42 Å². The van der Waals surface area contributed by atoms with Crippen LogP contribution >= 0.6 is 0 Å². The van der Waals surface area contributed by atoms with Crippen LogP contribution in [0.4, 0.5) is 0 Å². The summed E-state index contributed by atoms with van der Waals surface area (Å²) in [6, 6.07) is 0. The van der Waals surface area contributed by atoms with Crippen molar-refractivity contribution in [1.82, 2.24) is 0 Å². The molecule has 0 radical (unpaired) electrons. The average Bonchev–Trinajstić information content (AvgIpc) is 1.59. The summed E-state index contributed by atoms with van der Waals surface area (Å²) in [7, 11) is -4.00. The molecule has 0 aromatic carbocycles. The summed E-state index contributed by atoms with van der Waals surface area (Å²) < 4.78 is 33.1. The Balaban J connectivity index is 3.69. The zero-order valence-electron chi connectivity index (χ0n) is 5.65. The molecular formula is C4H11NO4S. The largest absolute Gasteiger partial charge is 0.363 e. The minimum absolute atomic E-state index is 0.330. The fraction of sp³-hybridized carbons (Fsp3) is 1.00. The highest BCUT2D eigenvalue weighted by atomic mass is 32.2. The van der Waals surface area contributed by atoms with E-state index in [2.05, 4.69) is 4.74 Å². The van der Waals surface area contributed by atoms with Crippen molar-refractivity contribution in [2.45, 2.75) is 13.2 Å². The van der Waals surface area contributed by atoms with Crippen molar-refractivity contribution in [3.8, 4) is 0 Å². The van der Waals surface area contributed by atoms with E-state index in [1.807, 2.05) is 0 Å². The van der Waals surface area contributed by atoms with Crippen molar-refractivity contribution < 1.29 is 17.7 Å². The lowest BCUT2D eigenvalue weighted by atomic mass is 10.7. The molecule has 0 aliphatic carbocycles. The van der Waals surface area contributed by atoms with Crippen molar-refractivity contribution in [1.29, 1.82) is 0 Å². The lowest BCUT2D eigenvalue weighted by Crippen LogP contribution is -2.32. The first kappa shape index (κ1) is 9.83. The molecule has 0 heterocycles. The van der Waals surface area contributed by atoms with Crippen LogP contribution < -0.4 is 5.73 Å². The maximum atomic E-state index is 10.1. The van der Waals surface area contributed by atoms with Gasteiger partial charge in [-0.15, -0.1) is 0 Å². The van der Waals surface area contributed by atoms with Crippen molar-refractivity contribution in [3.63, 3.8) is 0 Å². The zero-order chi connectivity index (χ0) is 8.20. The van der Waals surface area contributed by atoms with Crippen molar-refractivity contribution in [2.75, 3.05) is 12.4 Å². The van der Waals surface area contributed by atoms with Crippen LogP contribution in [0.3, 0.4) is 0 Å². The van der Waals surface area contributed by atoms with E-state index in [4.69, 9.17) is 10.3 Å². The van der Waals surface area contributed by atoms with Crippen LogP contribution in [0, 0.1) is 0 Å². The lowest BCUT2D eigenvalue weighted by Gasteiger charge is -2.07. The van der Waals surface area contributed by atoms with E-state index >= 15 is 0 Å². The molecule has 62 valence electrons. The Kier molecular flexibility index (Phi) is 3.80. The van der Waals surface area contributed by atoms with Crippen LogP contribution in [-0.4, -0.2) is 31.6 Å². The zero-order valence-corrected chi connectivity index (χ0v) is 6.47. The molecule has 1 unspecified atom stereocenters. The number of hydrogen-bond acceptors (Lipinski definition) is 4. The first-order valence-corrected chi connectivity index (χ1v) is 4.39. The molecule has 0 saturated heterocycles. The number of rotatable bonds is 4. The molecule has 10 heavy (non-hydrogen) atoms. The van der Waals surface area contributed by atoms with Crippen LogP contribution in [0.25, 0.3) is 0 Å². The van der Waals surface area contributed by atoms with Gasteiger partial charge in [0.05, 0.1) is 0 Å². The topological polar surface area (TPSA) is 89.6 Å². The molecule has 0 aliphatic rings. The van der Waals surface area contributed by atoms with Gasteiger partial charge in [0.2, 0.25) is 0 Å². The third-order valence-corrected chi connectivity index (χ3v) is 1.51. The normalized spacial score (nSPS) is 15.1. The fourth-order valence-corrected chi connectivity index (χ4v) is 0.981. The summed E-state index contributed by atoms with van der Waals surface area (Å²) in [6.45, 7) is 2.01. The van der Waals surface area contributed by atoms with E-state index in [-0.39, 0.29) is 0 Å². The van der Waals surface area contributed by atoms with Crippen LogP contribution in [0.5, 0.6) is 0 Å². The van der Waals surface area contributed by atoms with Gasteiger partial charge in [0.15, 0.2) is 0 Å². The van der Waals surface area contributed by atoms with Crippen LogP contribution in [0.1, 0.15) is 6.92 Å². The molecule has 0 rings (SSSR count). The van der Waals surface area contributed by atoms with E-state index in [0.29, 0.717) is 6.61 Å². The Hall–Kier alpha value is -0.170. The molecule has 0 fully saturated rings. The van der Waals surface area contributed by atoms with Crippen LogP contribution in [-0.2, 0) is 14.9 Å². The SMILES string of the molecule is CCOC(N)CS(=O)(=O)O. The van der Waals surface area contributed by atoms with Gasteiger partial charge in [0.25, 0.3) is 10.1 Å². The Morgan fingerprint density at radius 1 is 1.70 bits per heavy atom. The van der Waals surface area contributed by atoms with Gasteiger partial charge in [-0.2, -0.15) is 8.42 Å². The molecule has 6 heteroatoms. The van der Waals surface area contributed by atoms with Crippen molar-refractivity contribution >= 4 is 10.1 Å². The lowest BCUT2D eigenvalue weighted by molar-refractivity contribution is 0.0824. The summed E-state index contributed by atoms with van der Waals surface area (Å²) >= 11 is 0. The third-order valence-electron chi connectivity index (χ3n) is 0.756. The van der Waals surface area contributed by atoms with Crippen molar-refractivity contribution in [3.05, 3.63) is 0 Å². The Morgan fingerprint density at radius 2 is 2.20 bits per heavy atom. The third kappa shape index (κ3) is 5.96. The van der Waals surface area contributed by atoms with Gasteiger partial charge in [-0.05, 0) is 6.92 Å². The quantitative estimate of drug-likeness (QED) is 0.424. The molecule has 0 aliphatic heterocycles. The monoisotopic (exact) mass is 169 g/mol. The summed E-state index contributed by atoms with van der Waals surface area (Å²) in [5, 5.41) is 0. The molecule has 0 bridgehead atoms. The van der Waals surface area contributed by atoms with Gasteiger partial charge in [0.1, 0.15) is 12.0 Å². The maximum absolute atomic E-state index is 10.1. The van der Waals surface area contributed by atoms with Crippen molar-refractivity contribution in [2.24, 2.45) is 5.73 Å². The molecular weight excluding hydrogens is 158 g/mol. The first-order chi connectivity index (χ1) is 4.45. The molecule has 3 N–H and O–H groups in total. The average molecular weight is 169 g/mol. The molecule has 5 nitrogen and oxygen atoms in total. The first-order valence-electron chi connectivity index (χ1n) is 2.78. The van der Waals surface area contributed by atoms with Gasteiger partial charge in [-0.25, -0.2) is 0 Å². The fourth-order valence-electron chi connectivity index (χ4n) is 0.470. The van der Waals surface area contributed by atoms with Crippen LogP contribution in [0.2, 0.25) is 0 Å². The van der Waals surface area contributed by atoms with E-state index in [1.165, 1.54) is 0 Å². The number of ether oxygens (including phenoxy) is 1. The second-order valence-corrected chi connectivity index (χ2v) is 3.24. The maximum Gasteiger partial charge on any atom is 0.268 e. The van der Waals surface area contributed by atoms with Crippen LogP contribution in [0.15, 0.2) is 0 Å². The van der Waals surface area contributed by atoms with Gasteiger partial charge < -0.3 is 10.5 Å². The van der Waals surface area contributed by atoms with E-state index < -0.39 is 22.1 Å². The Labute approximate surface area is 59.9 Å². The molecule has 0 saturated carbocycles. The highest BCUT2D eigenvalue weighted by Crippen LogP contribution is 1.88. The second kappa shape index (κ2) is 3.87. The van der Waals surface area contributed by atoms with Gasteiger partial charge in [0, 0.05) is 6.61 Å². The summed E-state index contributed by atoms with van der Waals surface area (Å²) in [4.78, 5) is 0. The molecule has 0 aromatic heterocycles. The Bertz CT molecular complexity index is 176. The predicted octanol–water partition coefficient (Wildman–Crippen LogP) is -0.804.